The fourth-order valence-corrected chi connectivity index (χ4v) is 7.26. The number of carbonyl (C=O) groups excluding carboxylic acids is 4. The van der Waals surface area contributed by atoms with Gasteiger partial charge in [-0.05, 0) is 60.7 Å². The molecule has 2 aliphatic rings. The third-order valence-electron chi connectivity index (χ3n) is 7.08. The summed E-state index contributed by atoms with van der Waals surface area (Å²) in [6, 6.07) is 28.0. The van der Waals surface area contributed by atoms with Gasteiger partial charge in [0.2, 0.25) is 0 Å². The van der Waals surface area contributed by atoms with Gasteiger partial charge in [-0.2, -0.15) is 0 Å². The molecule has 0 fully saturated rings. The molecule has 0 aliphatic carbocycles. The van der Waals surface area contributed by atoms with E-state index in [0.29, 0.717) is 33.6 Å². The number of fused-ring (bicyclic) bond motifs is 2. The van der Waals surface area contributed by atoms with Crippen molar-refractivity contribution in [3.8, 4) is 0 Å². The molecule has 2 aliphatic heterocycles. The number of rotatable bonds is 8. The molecule has 0 aromatic heterocycles. The Kier molecular flexibility index (Phi) is 10.7. The summed E-state index contributed by atoms with van der Waals surface area (Å²) < 4.78 is 13.7. The van der Waals surface area contributed by atoms with Gasteiger partial charge in [0.05, 0.1) is 46.7 Å². The van der Waals surface area contributed by atoms with E-state index >= 15 is 0 Å². The van der Waals surface area contributed by atoms with Gasteiger partial charge in [0.1, 0.15) is 13.2 Å². The Hall–Kier alpha value is -4.24. The predicted molar refractivity (Wildman–Crippen MR) is 193 cm³/mol. The number of nitrogens with zero attached hydrogens (tertiary/aromatic N) is 4. The van der Waals surface area contributed by atoms with Gasteiger partial charge in [0.15, 0.2) is 0 Å². The van der Waals surface area contributed by atoms with Gasteiger partial charge in [0, 0.05) is 30.5 Å². The maximum atomic E-state index is 12.8. The van der Waals surface area contributed by atoms with Crippen molar-refractivity contribution in [1.29, 1.82) is 0 Å². The van der Waals surface area contributed by atoms with E-state index < -0.39 is 0 Å². The van der Waals surface area contributed by atoms with E-state index in [1.807, 2.05) is 36.4 Å². The van der Waals surface area contributed by atoms with E-state index in [0.717, 1.165) is 40.3 Å². The molecule has 0 N–H and O–H groups in total. The lowest BCUT2D eigenvalue weighted by Gasteiger charge is -2.16. The topological polar surface area (TPSA) is 118 Å². The molecule has 242 valence electrons. The average Bonchev–Trinajstić information content (AvgIpc) is 3.47. The summed E-state index contributed by atoms with van der Waals surface area (Å²) >= 11 is 6.92. The van der Waals surface area contributed by atoms with Gasteiger partial charge in [-0.25, -0.2) is 9.98 Å². The standard InChI is InChI=1S/C34H24Br2N4O6S2/c35-21-7-5-9-23(19-21)37-33(45-17-15-39-29(41)25-11-1-2-12-26(25)30(39)42)47-48-34(38-24-10-6-8-22(36)20-24)46-18-16-40-31(43)27-13-3-4-14-28(27)32(40)44/h1-14,19-20H,15-18H2. The van der Waals surface area contributed by atoms with Gasteiger partial charge < -0.3 is 9.47 Å². The number of benzene rings is 4. The Morgan fingerprint density at radius 3 is 1.23 bits per heavy atom. The molecule has 0 unspecified atom stereocenters. The zero-order valence-electron chi connectivity index (χ0n) is 24.9. The smallest absolute Gasteiger partial charge is 0.262 e. The third-order valence-corrected chi connectivity index (χ3v) is 9.96. The Labute approximate surface area is 300 Å². The molecular weight excluding hydrogens is 784 g/mol. The monoisotopic (exact) mass is 806 g/mol. The van der Waals surface area contributed by atoms with Crippen LogP contribution in [-0.2, 0) is 9.47 Å². The summed E-state index contributed by atoms with van der Waals surface area (Å²) in [5.41, 5.74) is 2.66. The molecule has 6 rings (SSSR count). The van der Waals surface area contributed by atoms with Crippen molar-refractivity contribution in [2.75, 3.05) is 26.3 Å². The maximum absolute atomic E-state index is 12.8. The molecule has 2 heterocycles. The van der Waals surface area contributed by atoms with Crippen LogP contribution in [0.15, 0.2) is 116 Å². The average molecular weight is 809 g/mol. The van der Waals surface area contributed by atoms with E-state index in [1.54, 1.807) is 60.7 Å². The van der Waals surface area contributed by atoms with Crippen molar-refractivity contribution >= 4 is 98.9 Å². The van der Waals surface area contributed by atoms with Crippen molar-refractivity contribution in [3.05, 3.63) is 128 Å². The first-order valence-corrected chi connectivity index (χ1v) is 18.2. The fraction of sp³-hybridized carbons (Fsp3) is 0.118. The molecular formula is C34H24Br2N4O6S2. The Morgan fingerprint density at radius 2 is 0.896 bits per heavy atom. The van der Waals surface area contributed by atoms with E-state index in [1.165, 1.54) is 0 Å². The van der Waals surface area contributed by atoms with Gasteiger partial charge in [0.25, 0.3) is 34.1 Å². The molecule has 10 nitrogen and oxygen atoms in total. The zero-order valence-corrected chi connectivity index (χ0v) is 29.7. The number of aliphatic imine (C=N–C) groups is 2. The lowest BCUT2D eigenvalue weighted by Crippen LogP contribution is -2.33. The quantitative estimate of drug-likeness (QED) is 0.0764. The van der Waals surface area contributed by atoms with Crippen LogP contribution < -0.4 is 0 Å². The zero-order chi connectivity index (χ0) is 33.6. The van der Waals surface area contributed by atoms with Crippen molar-refractivity contribution in [1.82, 2.24) is 9.80 Å². The first-order valence-electron chi connectivity index (χ1n) is 14.5. The summed E-state index contributed by atoms with van der Waals surface area (Å²) in [5.74, 6) is -1.49. The molecule has 4 aromatic rings. The van der Waals surface area contributed by atoms with Crippen LogP contribution in [0, 0.1) is 0 Å². The van der Waals surface area contributed by atoms with Gasteiger partial charge in [-0.3, -0.25) is 29.0 Å². The molecule has 4 amide bonds. The highest BCUT2D eigenvalue weighted by Crippen LogP contribution is 2.32. The molecule has 48 heavy (non-hydrogen) atoms. The summed E-state index contributed by atoms with van der Waals surface area (Å²) in [7, 11) is 2.25. The lowest BCUT2D eigenvalue weighted by atomic mass is 10.1. The number of amides is 4. The van der Waals surface area contributed by atoms with Crippen molar-refractivity contribution < 1.29 is 28.7 Å². The molecule has 4 aromatic carbocycles. The molecule has 0 atom stereocenters. The van der Waals surface area contributed by atoms with E-state index in [-0.39, 0.29) is 60.4 Å². The second kappa shape index (κ2) is 15.3. The molecule has 0 saturated carbocycles. The van der Waals surface area contributed by atoms with Crippen LogP contribution in [0.1, 0.15) is 41.4 Å². The minimum atomic E-state index is -0.374. The van der Waals surface area contributed by atoms with E-state index in [4.69, 9.17) is 9.47 Å². The van der Waals surface area contributed by atoms with Crippen LogP contribution >= 0.6 is 53.4 Å². The van der Waals surface area contributed by atoms with Gasteiger partial charge in [-0.1, -0.05) is 68.3 Å². The van der Waals surface area contributed by atoms with E-state index in [2.05, 4.69) is 41.8 Å². The van der Waals surface area contributed by atoms with Crippen LogP contribution in [0.3, 0.4) is 0 Å². The lowest BCUT2D eigenvalue weighted by molar-refractivity contribution is 0.0615. The Bertz CT molecular complexity index is 1780. The van der Waals surface area contributed by atoms with Crippen molar-refractivity contribution in [2.45, 2.75) is 0 Å². The first kappa shape index (κ1) is 33.7. The SMILES string of the molecule is O=C1c2ccccc2C(=O)N1CCOC(=Nc1cccc(Br)c1)SSC(=Nc1cccc(Br)c1)OCCN1C(=O)c2ccccc2C1=O. The number of imide groups is 2. The fourth-order valence-electron chi connectivity index (χ4n) is 4.86. The van der Waals surface area contributed by atoms with Crippen LogP contribution in [0.2, 0.25) is 0 Å². The summed E-state index contributed by atoms with van der Waals surface area (Å²) in [5, 5.41) is 0.446. The number of carbonyl (C=O) groups is 4. The van der Waals surface area contributed by atoms with Crippen LogP contribution in [0.25, 0.3) is 0 Å². The highest BCUT2D eigenvalue weighted by molar-refractivity contribution is 9.10. The maximum Gasteiger partial charge on any atom is 0.262 e. The first-order chi connectivity index (χ1) is 23.3. The molecule has 0 radical (unpaired) electrons. The molecule has 14 heteroatoms. The van der Waals surface area contributed by atoms with Crippen LogP contribution in [0.4, 0.5) is 11.4 Å². The molecule has 0 saturated heterocycles. The number of ether oxygens (including phenoxy) is 2. The second-order valence-electron chi connectivity index (χ2n) is 10.2. The van der Waals surface area contributed by atoms with Crippen molar-refractivity contribution in [3.63, 3.8) is 0 Å². The van der Waals surface area contributed by atoms with Gasteiger partial charge >= 0.3 is 0 Å². The Balaban J connectivity index is 1.16. The predicted octanol–water partition coefficient (Wildman–Crippen LogP) is 7.89. The number of hydrogen-bond donors (Lipinski definition) is 0. The molecule has 0 spiro atoms. The normalized spacial score (nSPS) is 14.5. The summed E-state index contributed by atoms with van der Waals surface area (Å²) in [4.78, 5) is 63.0. The highest BCUT2D eigenvalue weighted by atomic mass is 79.9. The largest absolute Gasteiger partial charge is 0.470 e. The van der Waals surface area contributed by atoms with Crippen molar-refractivity contribution in [2.24, 2.45) is 9.98 Å². The van der Waals surface area contributed by atoms with E-state index in [9.17, 15) is 19.2 Å². The number of hydrogen-bond acceptors (Lipinski definition) is 10. The second-order valence-corrected chi connectivity index (χ2v) is 14.1. The minimum Gasteiger partial charge on any atom is -0.470 e. The number of halogens is 2. The van der Waals surface area contributed by atoms with Crippen LogP contribution in [-0.4, -0.2) is 70.2 Å². The third kappa shape index (κ3) is 7.73. The Morgan fingerprint density at radius 1 is 0.542 bits per heavy atom. The minimum absolute atomic E-state index is 0.00935. The molecule has 0 bridgehead atoms. The van der Waals surface area contributed by atoms with Crippen LogP contribution in [0.5, 0.6) is 0 Å². The highest BCUT2D eigenvalue weighted by Gasteiger charge is 2.36. The summed E-state index contributed by atoms with van der Waals surface area (Å²) in [6.45, 7) is 0.0187. The van der Waals surface area contributed by atoms with Gasteiger partial charge in [-0.15, -0.1) is 0 Å². The summed E-state index contributed by atoms with van der Waals surface area (Å²) in [6.07, 6.45) is 0.